The molecule has 1 saturated heterocycles. The van der Waals surface area contributed by atoms with Crippen LogP contribution in [0.4, 0.5) is 0 Å². The lowest BCUT2D eigenvalue weighted by Gasteiger charge is -2.43. The molecule has 1 heterocycles. The van der Waals surface area contributed by atoms with Crippen molar-refractivity contribution in [2.24, 2.45) is 0 Å². The van der Waals surface area contributed by atoms with E-state index in [4.69, 9.17) is 23.3 Å². The van der Waals surface area contributed by atoms with E-state index in [0.717, 1.165) is 77.0 Å². The van der Waals surface area contributed by atoms with Crippen LogP contribution in [0, 0.1) is 0 Å². The fourth-order valence-corrected chi connectivity index (χ4v) is 8.89. The number of epoxide rings is 1. The maximum atomic E-state index is 13.0. The summed E-state index contributed by atoms with van der Waals surface area (Å²) in [4.78, 5) is 54.3. The predicted molar refractivity (Wildman–Crippen MR) is 250 cm³/mol. The number of aliphatic hydroxyl groups excluding tert-OH is 4. The molecule has 7 N–H and O–H groups in total. The first kappa shape index (κ1) is 60.0. The topological polar surface area (TPSA) is 269 Å². The average Bonchev–Trinajstić information content (AvgIpc) is 4.03. The standard InChI is InChI=1S/C47H82O17P2/c1-3-5-7-9-11-13-14-15-16-17-18-20-22-24-30-34-41(49)61-37(36-60-66(57,58)64-47-44(52)42(50)43(51)46(45(47)53)63-65(54,55)56)35-59-40(48)33-29-26-25-28-32-39-38(62-39)31-27-23-21-19-12-10-8-6-4-2/h12-14,19,23,25,27-28,37-39,42-47,50-53H,3-11,15-18,20-22,24,26,29-36H2,1-2H3,(H,57,58)(H2,54,55,56)/b14-13-,19-12-,27-23-,28-25-/t37-,38?,39?,42?,43?,44?,45?,46-,47+/m1/s1. The van der Waals surface area contributed by atoms with Gasteiger partial charge in [-0.2, -0.15) is 0 Å². The molecule has 0 amide bonds. The van der Waals surface area contributed by atoms with Gasteiger partial charge in [-0.1, -0.05) is 127 Å². The van der Waals surface area contributed by atoms with Gasteiger partial charge in [0.15, 0.2) is 6.10 Å². The van der Waals surface area contributed by atoms with Crippen LogP contribution < -0.4 is 0 Å². The predicted octanol–water partition coefficient (Wildman–Crippen LogP) is 8.27. The summed E-state index contributed by atoms with van der Waals surface area (Å²) in [6.07, 6.45) is 25.2. The zero-order valence-corrected chi connectivity index (χ0v) is 41.1. The number of phosphoric acid groups is 2. The van der Waals surface area contributed by atoms with Gasteiger partial charge in [0.2, 0.25) is 0 Å². The molecule has 0 aromatic carbocycles. The number of phosphoric ester groups is 2. The van der Waals surface area contributed by atoms with Crippen molar-refractivity contribution in [1.82, 2.24) is 0 Å². The summed E-state index contributed by atoms with van der Waals surface area (Å²) in [6, 6.07) is 0. The molecule has 2 aliphatic rings. The maximum Gasteiger partial charge on any atom is 0.472 e. The Morgan fingerprint density at radius 2 is 1.02 bits per heavy atom. The number of rotatable bonds is 39. The Kier molecular flexibility index (Phi) is 31.9. The lowest BCUT2D eigenvalue weighted by molar-refractivity contribution is -0.216. The van der Waals surface area contributed by atoms with Crippen molar-refractivity contribution < 1.29 is 81.6 Å². The lowest BCUT2D eigenvalue weighted by Crippen LogP contribution is -2.64. The highest BCUT2D eigenvalue weighted by Crippen LogP contribution is 2.49. The molecular formula is C47H82O17P2. The molecule has 0 spiro atoms. The van der Waals surface area contributed by atoms with Crippen molar-refractivity contribution >= 4 is 27.6 Å². The van der Waals surface area contributed by atoms with Gasteiger partial charge in [-0.25, -0.2) is 9.13 Å². The van der Waals surface area contributed by atoms with Crippen LogP contribution >= 0.6 is 15.6 Å². The Bertz CT molecular complexity index is 1530. The fraction of sp³-hybridized carbons (Fsp3) is 0.787. The molecule has 17 nitrogen and oxygen atoms in total. The number of allylic oxidation sites excluding steroid dienone is 6. The number of hydrogen-bond acceptors (Lipinski definition) is 14. The molecule has 2 fully saturated rings. The van der Waals surface area contributed by atoms with Gasteiger partial charge in [-0.3, -0.25) is 23.2 Å². The Labute approximate surface area is 392 Å². The van der Waals surface area contributed by atoms with Gasteiger partial charge in [-0.15, -0.1) is 0 Å². The maximum absolute atomic E-state index is 13.0. The monoisotopic (exact) mass is 981 g/mol. The molecule has 66 heavy (non-hydrogen) atoms. The lowest BCUT2D eigenvalue weighted by atomic mass is 9.85. The van der Waals surface area contributed by atoms with Crippen LogP contribution in [0.2, 0.25) is 0 Å². The molecule has 1 aliphatic carbocycles. The van der Waals surface area contributed by atoms with Gasteiger partial charge in [-0.05, 0) is 77.0 Å². The summed E-state index contributed by atoms with van der Waals surface area (Å²) in [5.41, 5.74) is 0. The third-order valence-corrected chi connectivity index (χ3v) is 12.8. The van der Waals surface area contributed by atoms with E-state index in [1.54, 1.807) is 0 Å². The molecule has 0 radical (unpaired) electrons. The number of esters is 2. The van der Waals surface area contributed by atoms with Gasteiger partial charge in [0, 0.05) is 12.8 Å². The minimum Gasteiger partial charge on any atom is -0.462 e. The number of carbonyl (C=O) groups excluding carboxylic acids is 2. The van der Waals surface area contributed by atoms with Crippen LogP contribution in [0.15, 0.2) is 48.6 Å². The van der Waals surface area contributed by atoms with Crippen LogP contribution in [-0.2, 0) is 46.5 Å². The molecule has 7 unspecified atom stereocenters. The van der Waals surface area contributed by atoms with Crippen LogP contribution in [-0.4, -0.2) is 115 Å². The van der Waals surface area contributed by atoms with Gasteiger partial charge >= 0.3 is 27.6 Å². The summed E-state index contributed by atoms with van der Waals surface area (Å²) in [5.74, 6) is -1.28. The zero-order valence-electron chi connectivity index (χ0n) is 39.3. The van der Waals surface area contributed by atoms with Gasteiger partial charge in [0.1, 0.15) is 43.2 Å². The highest BCUT2D eigenvalue weighted by atomic mass is 31.2. The van der Waals surface area contributed by atoms with Crippen LogP contribution in [0.25, 0.3) is 0 Å². The molecule has 382 valence electrons. The first-order chi connectivity index (χ1) is 31.6. The van der Waals surface area contributed by atoms with E-state index < -0.39 is 83.5 Å². The number of carbonyl (C=O) groups is 2. The van der Waals surface area contributed by atoms with Gasteiger partial charge < -0.3 is 49.3 Å². The minimum absolute atomic E-state index is 0.0228. The quantitative estimate of drug-likeness (QED) is 0.0100. The first-order valence-corrected chi connectivity index (χ1v) is 27.3. The van der Waals surface area contributed by atoms with E-state index in [0.29, 0.717) is 19.3 Å². The van der Waals surface area contributed by atoms with E-state index in [9.17, 15) is 53.8 Å². The van der Waals surface area contributed by atoms with Gasteiger partial charge in [0.25, 0.3) is 0 Å². The molecule has 1 saturated carbocycles. The number of unbranched alkanes of at least 4 members (excludes halogenated alkanes) is 15. The van der Waals surface area contributed by atoms with E-state index in [-0.39, 0.29) is 25.0 Å². The average molecular weight is 981 g/mol. The summed E-state index contributed by atoms with van der Waals surface area (Å²) in [6.45, 7) is 3.00. The van der Waals surface area contributed by atoms with Crippen LogP contribution in [0.1, 0.15) is 168 Å². The van der Waals surface area contributed by atoms with E-state index in [1.807, 2.05) is 12.2 Å². The highest BCUT2D eigenvalue weighted by molar-refractivity contribution is 7.47. The van der Waals surface area contributed by atoms with Gasteiger partial charge in [0.05, 0.1) is 18.8 Å². The fourth-order valence-electron chi connectivity index (χ4n) is 7.35. The number of ether oxygens (including phenoxy) is 3. The van der Waals surface area contributed by atoms with Crippen molar-refractivity contribution in [3.05, 3.63) is 48.6 Å². The van der Waals surface area contributed by atoms with Crippen LogP contribution in [0.5, 0.6) is 0 Å². The molecule has 1 aliphatic heterocycles. The first-order valence-electron chi connectivity index (χ1n) is 24.3. The molecule has 0 bridgehead atoms. The Balaban J connectivity index is 1.81. The minimum atomic E-state index is -5.37. The molecule has 10 atom stereocenters. The summed E-state index contributed by atoms with van der Waals surface area (Å²) < 4.78 is 55.1. The van der Waals surface area contributed by atoms with Crippen molar-refractivity contribution in [3.63, 3.8) is 0 Å². The molecule has 0 aromatic rings. The van der Waals surface area contributed by atoms with Crippen molar-refractivity contribution in [3.8, 4) is 0 Å². The highest BCUT2D eigenvalue weighted by Gasteiger charge is 2.54. The second kappa shape index (κ2) is 35.1. The summed E-state index contributed by atoms with van der Waals surface area (Å²) in [5, 5.41) is 41.3. The van der Waals surface area contributed by atoms with Crippen molar-refractivity contribution in [1.29, 1.82) is 0 Å². The molecule has 2 rings (SSSR count). The third kappa shape index (κ3) is 28.4. The Morgan fingerprint density at radius 1 is 0.545 bits per heavy atom. The number of aliphatic hydroxyl groups is 4. The third-order valence-electron chi connectivity index (χ3n) is 11.3. The Morgan fingerprint density at radius 3 is 1.64 bits per heavy atom. The van der Waals surface area contributed by atoms with Crippen molar-refractivity contribution in [2.45, 2.75) is 223 Å². The molecule has 19 heteroatoms. The number of hydrogen-bond donors (Lipinski definition) is 7. The smallest absolute Gasteiger partial charge is 0.462 e. The van der Waals surface area contributed by atoms with Crippen LogP contribution in [0.3, 0.4) is 0 Å². The Hall–Kier alpha value is -2.08. The van der Waals surface area contributed by atoms with E-state index >= 15 is 0 Å². The van der Waals surface area contributed by atoms with E-state index in [2.05, 4.69) is 54.8 Å². The van der Waals surface area contributed by atoms with Crippen molar-refractivity contribution in [2.75, 3.05) is 13.2 Å². The zero-order chi connectivity index (χ0) is 48.6. The normalized spacial score (nSPS) is 25.0. The largest absolute Gasteiger partial charge is 0.472 e. The summed E-state index contributed by atoms with van der Waals surface area (Å²) >= 11 is 0. The second-order valence-electron chi connectivity index (χ2n) is 17.2. The second-order valence-corrected chi connectivity index (χ2v) is 19.8. The SMILES string of the molecule is CCCCC/C=C\C/C=C\CC1OC1C/C=C\CCCC(=O)OC[C@H](COP(=O)(O)O[C@H]1C(O)C(O)C(O)[C@@H](OP(=O)(O)O)C1O)OC(=O)CCCCCCCCC/C=C\CCCCCC. The van der Waals surface area contributed by atoms with E-state index in [1.165, 1.54) is 44.9 Å². The molecular weight excluding hydrogens is 898 g/mol. The summed E-state index contributed by atoms with van der Waals surface area (Å²) in [7, 11) is -10.7. The molecule has 0 aromatic heterocycles.